The van der Waals surface area contributed by atoms with E-state index >= 15 is 0 Å². The molecule has 0 bridgehead atoms. The van der Waals surface area contributed by atoms with Crippen molar-refractivity contribution in [1.29, 1.82) is 0 Å². The van der Waals surface area contributed by atoms with Crippen molar-refractivity contribution in [1.82, 2.24) is 25.6 Å². The van der Waals surface area contributed by atoms with E-state index in [4.69, 9.17) is 0 Å². The number of hydrazine groups is 1. The van der Waals surface area contributed by atoms with Crippen LogP contribution in [0.1, 0.15) is 173 Å². The molecule has 2 aromatic rings. The van der Waals surface area contributed by atoms with Crippen LogP contribution in [-0.2, 0) is 22.7 Å². The molecule has 0 unspecified atom stereocenters. The number of benzene rings is 1. The number of fused-ring (bicyclic) bond motifs is 1. The van der Waals surface area contributed by atoms with Crippen molar-refractivity contribution >= 4 is 22.7 Å². The zero-order valence-corrected chi connectivity index (χ0v) is 32.1. The maximum absolute atomic E-state index is 12.6. The van der Waals surface area contributed by atoms with E-state index < -0.39 is 0 Å². The van der Waals surface area contributed by atoms with E-state index in [1.165, 1.54) is 139 Å². The number of carbonyl (C=O) groups is 2. The van der Waals surface area contributed by atoms with Gasteiger partial charge in [-0.1, -0.05) is 147 Å². The number of amides is 2. The Bertz CT molecular complexity index is 1100. The highest BCUT2D eigenvalue weighted by Crippen LogP contribution is 2.21. The number of hydrogen-bond donors (Lipinski definition) is 3. The predicted octanol–water partition coefficient (Wildman–Crippen LogP) is 10.2. The highest BCUT2D eigenvalue weighted by atomic mass is 16.2. The summed E-state index contributed by atoms with van der Waals surface area (Å²) in [6, 6.07) is 10.6. The monoisotopic (exact) mass is 682 g/mol. The molecule has 2 amide bonds. The maximum atomic E-state index is 12.6. The molecule has 0 fully saturated rings. The van der Waals surface area contributed by atoms with Crippen LogP contribution in [0.5, 0.6) is 0 Å². The van der Waals surface area contributed by atoms with E-state index in [0.29, 0.717) is 25.9 Å². The molecule has 0 saturated carbocycles. The topological polar surface area (TPSA) is 78.4 Å². The molecule has 280 valence electrons. The number of aryl methyl sites for hydroxylation is 1. The largest absolute Gasteiger partial charge is 0.356 e. The molecule has 0 aliphatic carbocycles. The van der Waals surface area contributed by atoms with Crippen LogP contribution in [0.2, 0.25) is 0 Å². The van der Waals surface area contributed by atoms with Gasteiger partial charge in [0.05, 0.1) is 6.54 Å². The summed E-state index contributed by atoms with van der Waals surface area (Å²) in [5.74, 6) is 0.280. The first-order valence-electron chi connectivity index (χ1n) is 20.5. The second kappa shape index (κ2) is 29.4. The van der Waals surface area contributed by atoms with Crippen LogP contribution in [0.25, 0.3) is 10.9 Å². The number of nitrogens with zero attached hydrogens (tertiary/aromatic N) is 2. The third-order valence-electron chi connectivity index (χ3n) is 10.00. The van der Waals surface area contributed by atoms with Gasteiger partial charge >= 0.3 is 0 Å². The summed E-state index contributed by atoms with van der Waals surface area (Å²) in [6.07, 6.45) is 31.5. The average molecular weight is 682 g/mol. The van der Waals surface area contributed by atoms with Gasteiger partial charge in [-0.15, -0.1) is 0 Å². The van der Waals surface area contributed by atoms with Crippen molar-refractivity contribution in [2.45, 2.75) is 181 Å². The number of hydrogen-bond acceptors (Lipinski definition) is 4. The minimum Gasteiger partial charge on any atom is -0.356 e. The Balaban J connectivity index is 1.33. The highest BCUT2D eigenvalue weighted by Gasteiger charge is 2.12. The van der Waals surface area contributed by atoms with Gasteiger partial charge in [-0.3, -0.25) is 15.0 Å². The second-order valence-corrected chi connectivity index (χ2v) is 14.4. The molecule has 49 heavy (non-hydrogen) atoms. The van der Waals surface area contributed by atoms with Gasteiger partial charge in [0, 0.05) is 50.7 Å². The Morgan fingerprint density at radius 1 is 0.612 bits per heavy atom. The van der Waals surface area contributed by atoms with Gasteiger partial charge in [0.15, 0.2) is 0 Å². The Morgan fingerprint density at radius 2 is 1.06 bits per heavy atom. The fourth-order valence-electron chi connectivity index (χ4n) is 6.80. The minimum absolute atomic E-state index is 0.0915. The Hall–Kier alpha value is -2.38. The lowest BCUT2D eigenvalue weighted by molar-refractivity contribution is -0.122. The number of para-hydroxylation sites is 1. The van der Waals surface area contributed by atoms with E-state index in [1.54, 1.807) is 0 Å². The highest BCUT2D eigenvalue weighted by molar-refractivity contribution is 5.82. The summed E-state index contributed by atoms with van der Waals surface area (Å²) in [5.41, 5.74) is 5.52. The summed E-state index contributed by atoms with van der Waals surface area (Å²) in [5, 5.41) is 9.40. The van der Waals surface area contributed by atoms with Crippen molar-refractivity contribution in [3.8, 4) is 0 Å². The van der Waals surface area contributed by atoms with Gasteiger partial charge in [-0.2, -0.15) is 0 Å². The SMILES string of the molecule is CCCCCCCCCCCCCCCCCCCCCCC(=O)NCCCCCNC(=O)CCn1c(CN(C)NC)cc2ccccc21. The van der Waals surface area contributed by atoms with Gasteiger partial charge in [0.1, 0.15) is 0 Å². The van der Waals surface area contributed by atoms with E-state index in [9.17, 15) is 9.59 Å². The summed E-state index contributed by atoms with van der Waals surface area (Å²) in [6.45, 7) is 5.14. The molecule has 1 aromatic heterocycles. The minimum atomic E-state index is 0.0915. The average Bonchev–Trinajstić information content (AvgIpc) is 3.45. The zero-order valence-electron chi connectivity index (χ0n) is 32.1. The number of aromatic nitrogens is 1. The van der Waals surface area contributed by atoms with Crippen LogP contribution in [0.4, 0.5) is 0 Å². The first kappa shape index (κ1) is 42.8. The smallest absolute Gasteiger partial charge is 0.221 e. The third-order valence-corrected chi connectivity index (χ3v) is 10.00. The normalized spacial score (nSPS) is 11.5. The number of rotatable bonds is 33. The van der Waals surface area contributed by atoms with Crippen molar-refractivity contribution in [3.05, 3.63) is 36.0 Å². The molecule has 1 aromatic carbocycles. The van der Waals surface area contributed by atoms with Crippen LogP contribution in [0, 0.1) is 0 Å². The lowest BCUT2D eigenvalue weighted by atomic mass is 10.0. The van der Waals surface area contributed by atoms with E-state index in [-0.39, 0.29) is 11.8 Å². The van der Waals surface area contributed by atoms with E-state index in [0.717, 1.165) is 38.8 Å². The summed E-state index contributed by atoms with van der Waals surface area (Å²) < 4.78 is 2.26. The molecule has 0 spiro atoms. The number of carbonyl (C=O) groups excluding carboxylic acids is 2. The van der Waals surface area contributed by atoms with Gasteiger partial charge in [-0.25, -0.2) is 5.01 Å². The van der Waals surface area contributed by atoms with Crippen LogP contribution in [0.3, 0.4) is 0 Å². The zero-order chi connectivity index (χ0) is 35.2. The quantitative estimate of drug-likeness (QED) is 0.0518. The Kier molecular flexibility index (Phi) is 25.6. The summed E-state index contributed by atoms with van der Waals surface area (Å²) in [7, 11) is 3.93. The maximum Gasteiger partial charge on any atom is 0.221 e. The fraction of sp³-hybridized carbons (Fsp3) is 0.762. The molecule has 0 aliphatic heterocycles. The van der Waals surface area contributed by atoms with Gasteiger partial charge in [-0.05, 0) is 50.2 Å². The van der Waals surface area contributed by atoms with Crippen molar-refractivity contribution in [2.24, 2.45) is 0 Å². The lowest BCUT2D eigenvalue weighted by Gasteiger charge is -2.17. The molecule has 7 nitrogen and oxygen atoms in total. The van der Waals surface area contributed by atoms with Crippen molar-refractivity contribution in [3.63, 3.8) is 0 Å². The predicted molar refractivity (Wildman–Crippen MR) is 210 cm³/mol. The molecule has 1 heterocycles. The molecule has 0 atom stereocenters. The fourth-order valence-corrected chi connectivity index (χ4v) is 6.80. The number of nitrogens with one attached hydrogen (secondary N) is 3. The van der Waals surface area contributed by atoms with Gasteiger partial charge in [0.2, 0.25) is 11.8 Å². The van der Waals surface area contributed by atoms with Crippen LogP contribution < -0.4 is 16.1 Å². The number of unbranched alkanes of at least 4 members (excludes halogenated alkanes) is 21. The molecule has 7 heteroatoms. The Labute approximate surface area is 301 Å². The molecular formula is C42H75N5O2. The van der Waals surface area contributed by atoms with Crippen LogP contribution in [0.15, 0.2) is 30.3 Å². The second-order valence-electron chi connectivity index (χ2n) is 14.4. The first-order valence-corrected chi connectivity index (χ1v) is 20.5. The van der Waals surface area contributed by atoms with Crippen molar-refractivity contribution < 1.29 is 9.59 Å². The standard InChI is InChI=1S/C42H75N5O2/c1-4-5-6-7-8-9-10-11-12-13-14-15-16-17-18-19-20-21-22-24-31-41(48)44-33-27-23-28-34-45-42(49)32-35-47-39(37-46(3)43-2)36-38-29-25-26-30-40(38)47/h25-26,29-30,36,43H,4-24,27-28,31-35,37H2,1-3H3,(H,44,48)(H,45,49). The Morgan fingerprint density at radius 3 is 1.57 bits per heavy atom. The van der Waals surface area contributed by atoms with Crippen molar-refractivity contribution in [2.75, 3.05) is 27.2 Å². The molecular weight excluding hydrogens is 606 g/mol. The van der Waals surface area contributed by atoms with Crippen LogP contribution in [-0.4, -0.2) is 48.6 Å². The van der Waals surface area contributed by atoms with Gasteiger partial charge in [0.25, 0.3) is 0 Å². The van der Waals surface area contributed by atoms with E-state index in [1.807, 2.05) is 19.1 Å². The third kappa shape index (κ3) is 21.4. The summed E-state index contributed by atoms with van der Waals surface area (Å²) in [4.78, 5) is 24.7. The summed E-state index contributed by atoms with van der Waals surface area (Å²) >= 11 is 0. The van der Waals surface area contributed by atoms with E-state index in [2.05, 4.69) is 57.9 Å². The first-order chi connectivity index (χ1) is 24.0. The van der Waals surface area contributed by atoms with Gasteiger partial charge < -0.3 is 15.2 Å². The molecule has 0 aliphatic rings. The lowest BCUT2D eigenvalue weighted by Crippen LogP contribution is -2.31. The molecule has 3 N–H and O–H groups in total. The molecule has 0 radical (unpaired) electrons. The molecule has 0 saturated heterocycles. The van der Waals surface area contributed by atoms with Crippen LogP contribution >= 0.6 is 0 Å². The molecule has 2 rings (SSSR count).